The number of fused-ring (bicyclic) bond motifs is 2. The Kier molecular flexibility index (Phi) is 1.92. The number of nitrogens with one attached hydrogen (secondary N) is 1. The monoisotopic (exact) mass is 220 g/mol. The van der Waals surface area contributed by atoms with Crippen LogP contribution < -0.4 is 10.2 Å². The number of amides is 1. The van der Waals surface area contributed by atoms with E-state index in [0.29, 0.717) is 0 Å². The first kappa shape index (κ1) is 8.79. The SMILES string of the molecule is O=C1NN=CC2Sc3ccccc3OC12. The summed E-state index contributed by atoms with van der Waals surface area (Å²) in [6.45, 7) is 0. The van der Waals surface area contributed by atoms with Crippen molar-refractivity contribution in [2.45, 2.75) is 16.2 Å². The highest BCUT2D eigenvalue weighted by Crippen LogP contribution is 2.39. The van der Waals surface area contributed by atoms with Crippen molar-refractivity contribution in [3.63, 3.8) is 0 Å². The second kappa shape index (κ2) is 3.27. The van der Waals surface area contributed by atoms with Crippen molar-refractivity contribution in [2.75, 3.05) is 0 Å². The fourth-order valence-electron chi connectivity index (χ4n) is 1.61. The molecule has 0 bridgehead atoms. The lowest BCUT2D eigenvalue weighted by Crippen LogP contribution is -2.48. The van der Waals surface area contributed by atoms with Crippen molar-refractivity contribution >= 4 is 23.9 Å². The summed E-state index contributed by atoms with van der Waals surface area (Å²) in [7, 11) is 0. The molecule has 0 saturated heterocycles. The molecule has 5 heteroatoms. The Bertz CT molecular complexity index is 447. The van der Waals surface area contributed by atoms with Crippen molar-refractivity contribution in [2.24, 2.45) is 5.10 Å². The Hall–Kier alpha value is -1.49. The van der Waals surface area contributed by atoms with Gasteiger partial charge >= 0.3 is 0 Å². The summed E-state index contributed by atoms with van der Waals surface area (Å²) in [4.78, 5) is 12.5. The highest BCUT2D eigenvalue weighted by atomic mass is 32.2. The highest BCUT2D eigenvalue weighted by Gasteiger charge is 2.37. The first-order valence-corrected chi connectivity index (χ1v) is 5.48. The number of benzene rings is 1. The number of hydrogen-bond donors (Lipinski definition) is 1. The smallest absolute Gasteiger partial charge is 0.282 e. The zero-order chi connectivity index (χ0) is 10.3. The number of hydrogen-bond acceptors (Lipinski definition) is 4. The summed E-state index contributed by atoms with van der Waals surface area (Å²) in [5.74, 6) is 0.596. The second-order valence-corrected chi connectivity index (χ2v) is 4.54. The molecule has 0 aliphatic carbocycles. The normalized spacial score (nSPS) is 27.3. The maximum absolute atomic E-state index is 11.5. The predicted molar refractivity (Wildman–Crippen MR) is 57.1 cm³/mol. The molecule has 0 aromatic heterocycles. The van der Waals surface area contributed by atoms with Crippen molar-refractivity contribution in [1.82, 2.24) is 5.43 Å². The fraction of sp³-hybridized carbons (Fsp3) is 0.200. The minimum absolute atomic E-state index is 0.0198. The van der Waals surface area contributed by atoms with E-state index in [-0.39, 0.29) is 11.2 Å². The molecule has 0 spiro atoms. The summed E-state index contributed by atoms with van der Waals surface area (Å²) in [5, 5.41) is 3.77. The summed E-state index contributed by atoms with van der Waals surface area (Å²) < 4.78 is 5.62. The maximum Gasteiger partial charge on any atom is 0.282 e. The van der Waals surface area contributed by atoms with Crippen LogP contribution in [0.3, 0.4) is 0 Å². The van der Waals surface area contributed by atoms with Gasteiger partial charge in [-0.15, -0.1) is 11.8 Å². The topological polar surface area (TPSA) is 50.7 Å². The van der Waals surface area contributed by atoms with E-state index in [1.54, 1.807) is 18.0 Å². The van der Waals surface area contributed by atoms with Gasteiger partial charge in [0.15, 0.2) is 6.10 Å². The van der Waals surface area contributed by atoms with Gasteiger partial charge in [-0.05, 0) is 12.1 Å². The molecule has 1 aromatic carbocycles. The molecule has 0 radical (unpaired) electrons. The Labute approximate surface area is 90.7 Å². The summed E-state index contributed by atoms with van der Waals surface area (Å²) in [6.07, 6.45) is 1.26. The molecule has 2 unspecified atom stereocenters. The summed E-state index contributed by atoms with van der Waals surface area (Å²) >= 11 is 1.61. The average Bonchev–Trinajstić information content (AvgIpc) is 2.27. The van der Waals surface area contributed by atoms with E-state index < -0.39 is 6.10 Å². The van der Waals surface area contributed by atoms with Crippen molar-refractivity contribution < 1.29 is 9.53 Å². The van der Waals surface area contributed by atoms with Gasteiger partial charge in [-0.1, -0.05) is 12.1 Å². The molecule has 0 fully saturated rings. The van der Waals surface area contributed by atoms with Crippen LogP contribution in [0.4, 0.5) is 0 Å². The number of carbonyl (C=O) groups excluding carboxylic acids is 1. The van der Waals surface area contributed by atoms with Gasteiger partial charge in [0.1, 0.15) is 5.75 Å². The highest BCUT2D eigenvalue weighted by molar-refractivity contribution is 8.00. The van der Waals surface area contributed by atoms with E-state index in [1.165, 1.54) is 0 Å². The van der Waals surface area contributed by atoms with Gasteiger partial charge in [0.2, 0.25) is 0 Å². The summed E-state index contributed by atoms with van der Waals surface area (Å²) in [5.41, 5.74) is 2.40. The molecule has 2 atom stereocenters. The van der Waals surface area contributed by atoms with Crippen LogP contribution in [0.5, 0.6) is 5.75 Å². The zero-order valence-corrected chi connectivity index (χ0v) is 8.53. The third-order valence-corrected chi connectivity index (χ3v) is 3.55. The van der Waals surface area contributed by atoms with Crippen molar-refractivity contribution in [1.29, 1.82) is 0 Å². The van der Waals surface area contributed by atoms with E-state index in [1.807, 2.05) is 24.3 Å². The Morgan fingerprint density at radius 2 is 2.27 bits per heavy atom. The van der Waals surface area contributed by atoms with Crippen LogP contribution in [0.1, 0.15) is 0 Å². The molecule has 15 heavy (non-hydrogen) atoms. The van der Waals surface area contributed by atoms with Gasteiger partial charge < -0.3 is 4.74 Å². The van der Waals surface area contributed by atoms with E-state index in [9.17, 15) is 4.79 Å². The number of thioether (sulfide) groups is 1. The molecule has 4 nitrogen and oxygen atoms in total. The van der Waals surface area contributed by atoms with Crippen LogP contribution in [0, 0.1) is 0 Å². The fourth-order valence-corrected chi connectivity index (χ4v) is 2.71. The summed E-state index contributed by atoms with van der Waals surface area (Å²) in [6, 6.07) is 7.71. The van der Waals surface area contributed by atoms with Gasteiger partial charge in [0.05, 0.1) is 10.1 Å². The van der Waals surface area contributed by atoms with Crippen LogP contribution >= 0.6 is 11.8 Å². The van der Waals surface area contributed by atoms with Crippen LogP contribution in [-0.2, 0) is 4.79 Å². The predicted octanol–water partition coefficient (Wildman–Crippen LogP) is 1.02. The minimum atomic E-state index is -0.456. The van der Waals surface area contributed by atoms with E-state index in [2.05, 4.69) is 10.5 Å². The molecule has 1 amide bonds. The van der Waals surface area contributed by atoms with E-state index >= 15 is 0 Å². The van der Waals surface area contributed by atoms with Gasteiger partial charge in [-0.3, -0.25) is 4.79 Å². The number of carbonyl (C=O) groups is 1. The molecule has 2 aliphatic rings. The molecular formula is C10H8N2O2S. The first-order chi connectivity index (χ1) is 7.34. The van der Waals surface area contributed by atoms with E-state index in [4.69, 9.17) is 4.74 Å². The third kappa shape index (κ3) is 1.39. The maximum atomic E-state index is 11.5. The zero-order valence-electron chi connectivity index (χ0n) is 7.71. The Morgan fingerprint density at radius 1 is 1.40 bits per heavy atom. The number of para-hydroxylation sites is 1. The number of ether oxygens (including phenoxy) is 1. The lowest BCUT2D eigenvalue weighted by Gasteiger charge is -2.31. The van der Waals surface area contributed by atoms with E-state index in [0.717, 1.165) is 10.6 Å². The quantitative estimate of drug-likeness (QED) is 0.710. The van der Waals surface area contributed by atoms with Crippen LogP contribution in [0.2, 0.25) is 0 Å². The molecule has 1 aromatic rings. The minimum Gasteiger partial charge on any atom is -0.478 e. The van der Waals surface area contributed by atoms with Crippen molar-refractivity contribution in [3.8, 4) is 5.75 Å². The standard InChI is InChI=1S/C10H8N2O2S/c13-10-9-8(5-11-12-10)15-7-4-2-1-3-6(7)14-9/h1-5,8-9H,(H,12,13). The largest absolute Gasteiger partial charge is 0.478 e. The lowest BCUT2D eigenvalue weighted by molar-refractivity contribution is -0.128. The molecule has 0 saturated carbocycles. The molecule has 2 heterocycles. The number of nitrogens with zero attached hydrogens (tertiary/aromatic N) is 1. The van der Waals surface area contributed by atoms with Gasteiger partial charge in [0.25, 0.3) is 5.91 Å². The molecule has 2 aliphatic heterocycles. The third-order valence-electron chi connectivity index (χ3n) is 2.32. The first-order valence-electron chi connectivity index (χ1n) is 4.60. The Balaban J connectivity index is 2.00. The van der Waals surface area contributed by atoms with Gasteiger partial charge in [0, 0.05) is 6.21 Å². The van der Waals surface area contributed by atoms with Gasteiger partial charge in [-0.2, -0.15) is 5.10 Å². The second-order valence-electron chi connectivity index (χ2n) is 3.32. The van der Waals surface area contributed by atoms with Crippen molar-refractivity contribution in [3.05, 3.63) is 24.3 Å². The number of rotatable bonds is 0. The van der Waals surface area contributed by atoms with Gasteiger partial charge in [-0.25, -0.2) is 5.43 Å². The lowest BCUT2D eigenvalue weighted by atomic mass is 10.2. The number of hydrazone groups is 1. The van der Waals surface area contributed by atoms with Crippen LogP contribution in [-0.4, -0.2) is 23.5 Å². The molecule has 1 N–H and O–H groups in total. The van der Waals surface area contributed by atoms with Crippen LogP contribution in [0.15, 0.2) is 34.3 Å². The van der Waals surface area contributed by atoms with Crippen LogP contribution in [0.25, 0.3) is 0 Å². The average molecular weight is 220 g/mol. The molecule has 76 valence electrons. The molecule has 3 rings (SSSR count). The molecular weight excluding hydrogens is 212 g/mol. The Morgan fingerprint density at radius 3 is 3.20 bits per heavy atom.